The van der Waals surface area contributed by atoms with Crippen LogP contribution in [0.2, 0.25) is 0 Å². The van der Waals surface area contributed by atoms with Crippen LogP contribution in [0.4, 0.5) is 10.1 Å². The van der Waals surface area contributed by atoms with E-state index in [0.717, 1.165) is 44.7 Å². The molecule has 11 heteroatoms. The van der Waals surface area contributed by atoms with E-state index in [1.807, 2.05) is 65.6 Å². The number of hydrogen-bond acceptors (Lipinski definition) is 7. The monoisotopic (exact) mass is 640 g/mol. The maximum Gasteiger partial charge on any atom is 0.320 e. The third-order valence-corrected chi connectivity index (χ3v) is 8.91. The van der Waals surface area contributed by atoms with Crippen LogP contribution in [0.15, 0.2) is 91.1 Å². The number of carbonyl (C=O) groups is 2. The molecule has 0 bridgehead atoms. The number of fused-ring (bicyclic) bond motifs is 1. The second-order valence-electron chi connectivity index (χ2n) is 10.7. The summed E-state index contributed by atoms with van der Waals surface area (Å²) in [5, 5.41) is 15.0. The summed E-state index contributed by atoms with van der Waals surface area (Å²) in [7, 11) is 0. The molecule has 6 rings (SSSR count). The molecule has 1 fully saturated rings. The van der Waals surface area contributed by atoms with Gasteiger partial charge >= 0.3 is 5.97 Å². The molecule has 1 aliphatic rings. The number of benzene rings is 3. The number of aromatic nitrogens is 1. The molecule has 5 aromatic rings. The fourth-order valence-electron chi connectivity index (χ4n) is 5.34. The van der Waals surface area contributed by atoms with Gasteiger partial charge in [0.05, 0.1) is 16.6 Å². The van der Waals surface area contributed by atoms with E-state index in [2.05, 4.69) is 15.6 Å². The number of carbonyl (C=O) groups excluding carboxylic acids is 1. The molecule has 1 atom stereocenters. The van der Waals surface area contributed by atoms with Crippen LogP contribution in [0.5, 0.6) is 11.5 Å². The van der Waals surface area contributed by atoms with Crippen LogP contribution in [0.3, 0.4) is 0 Å². The SMILES string of the molecule is O=C(Cc1ccccc1)NC(=S)Nc1ccc(Oc2ccnc3cc(-c4ccc(CN5CCC[C@H]5C(=O)O)cc4)sc23)c(F)c1. The summed E-state index contributed by atoms with van der Waals surface area (Å²) >= 11 is 6.73. The minimum absolute atomic E-state index is 0.0352. The van der Waals surface area contributed by atoms with Crippen molar-refractivity contribution < 1.29 is 23.8 Å². The number of amides is 1. The summed E-state index contributed by atoms with van der Waals surface area (Å²) < 4.78 is 21.9. The smallest absolute Gasteiger partial charge is 0.320 e. The van der Waals surface area contributed by atoms with E-state index in [1.165, 1.54) is 23.5 Å². The highest BCUT2D eigenvalue weighted by atomic mass is 32.1. The molecular formula is C34H29FN4O4S2. The number of carboxylic acids is 1. The Hall–Kier alpha value is -4.71. The Morgan fingerprint density at radius 2 is 1.82 bits per heavy atom. The Kier molecular flexibility index (Phi) is 9.11. The number of nitrogens with one attached hydrogen (secondary N) is 2. The van der Waals surface area contributed by atoms with Crippen molar-refractivity contribution >= 4 is 56.4 Å². The first kappa shape index (κ1) is 30.3. The molecule has 3 aromatic carbocycles. The van der Waals surface area contributed by atoms with Crippen LogP contribution >= 0.6 is 23.6 Å². The van der Waals surface area contributed by atoms with Gasteiger partial charge in [0.2, 0.25) is 5.91 Å². The van der Waals surface area contributed by atoms with Crippen LogP contribution in [0, 0.1) is 5.82 Å². The highest BCUT2D eigenvalue weighted by Gasteiger charge is 2.30. The number of likely N-dealkylation sites (tertiary alicyclic amines) is 1. The van der Waals surface area contributed by atoms with E-state index in [0.29, 0.717) is 24.4 Å². The highest BCUT2D eigenvalue weighted by molar-refractivity contribution is 7.80. The summed E-state index contributed by atoms with van der Waals surface area (Å²) in [5.74, 6) is -1.13. The van der Waals surface area contributed by atoms with E-state index in [-0.39, 0.29) is 23.2 Å². The van der Waals surface area contributed by atoms with Crippen LogP contribution in [-0.4, -0.2) is 44.6 Å². The van der Waals surface area contributed by atoms with Gasteiger partial charge in [-0.2, -0.15) is 0 Å². The fraction of sp³-hybridized carbons (Fsp3) is 0.176. The van der Waals surface area contributed by atoms with E-state index < -0.39 is 17.8 Å². The van der Waals surface area contributed by atoms with Crippen LogP contribution in [0.1, 0.15) is 24.0 Å². The first-order valence-electron chi connectivity index (χ1n) is 14.4. The Morgan fingerprint density at radius 1 is 1.02 bits per heavy atom. The number of aliphatic carboxylic acids is 1. The Morgan fingerprint density at radius 3 is 2.58 bits per heavy atom. The molecule has 228 valence electrons. The van der Waals surface area contributed by atoms with Crippen molar-refractivity contribution in [2.45, 2.75) is 31.8 Å². The molecule has 0 unspecified atom stereocenters. The number of ether oxygens (including phenoxy) is 1. The predicted molar refractivity (Wildman–Crippen MR) is 177 cm³/mol. The van der Waals surface area contributed by atoms with Crippen molar-refractivity contribution in [3.05, 3.63) is 108 Å². The number of anilines is 1. The summed E-state index contributed by atoms with van der Waals surface area (Å²) in [6.45, 7) is 1.38. The Bertz CT molecular complexity index is 1860. The van der Waals surface area contributed by atoms with Gasteiger partial charge < -0.3 is 20.5 Å². The van der Waals surface area contributed by atoms with Gasteiger partial charge in [-0.15, -0.1) is 11.3 Å². The first-order valence-corrected chi connectivity index (χ1v) is 15.6. The van der Waals surface area contributed by atoms with Gasteiger partial charge in [0, 0.05) is 35.4 Å². The zero-order chi connectivity index (χ0) is 31.3. The number of thiocarbonyl (C=S) groups is 1. The lowest BCUT2D eigenvalue weighted by molar-refractivity contribution is -0.142. The molecule has 0 aliphatic carbocycles. The van der Waals surface area contributed by atoms with E-state index in [1.54, 1.807) is 18.3 Å². The lowest BCUT2D eigenvalue weighted by Crippen LogP contribution is -2.35. The molecule has 0 spiro atoms. The minimum Gasteiger partial charge on any atom is -0.480 e. The van der Waals surface area contributed by atoms with E-state index >= 15 is 4.39 Å². The quantitative estimate of drug-likeness (QED) is 0.148. The van der Waals surface area contributed by atoms with Crippen LogP contribution in [-0.2, 0) is 22.6 Å². The number of carboxylic acid groups (broad SMARTS) is 1. The van der Waals surface area contributed by atoms with Gasteiger partial charge in [-0.3, -0.25) is 19.5 Å². The average molecular weight is 641 g/mol. The largest absolute Gasteiger partial charge is 0.480 e. The van der Waals surface area contributed by atoms with Gasteiger partial charge in [0.15, 0.2) is 16.7 Å². The highest BCUT2D eigenvalue weighted by Crippen LogP contribution is 2.40. The molecule has 0 radical (unpaired) electrons. The second kappa shape index (κ2) is 13.5. The Labute approximate surface area is 268 Å². The van der Waals surface area contributed by atoms with Crippen LogP contribution in [0.25, 0.3) is 20.7 Å². The van der Waals surface area contributed by atoms with Crippen molar-refractivity contribution in [1.82, 2.24) is 15.2 Å². The lowest BCUT2D eigenvalue weighted by atomic mass is 10.1. The third-order valence-electron chi connectivity index (χ3n) is 7.52. The molecular weight excluding hydrogens is 612 g/mol. The maximum atomic E-state index is 15.1. The van der Waals surface area contributed by atoms with Gasteiger partial charge in [-0.05, 0) is 66.5 Å². The molecule has 1 saturated heterocycles. The molecule has 1 amide bonds. The summed E-state index contributed by atoms with van der Waals surface area (Å²) in [6.07, 6.45) is 3.37. The van der Waals surface area contributed by atoms with Gasteiger partial charge in [-0.25, -0.2) is 4.39 Å². The Balaban J connectivity index is 1.11. The van der Waals surface area contributed by atoms with Crippen molar-refractivity contribution in [2.75, 3.05) is 11.9 Å². The van der Waals surface area contributed by atoms with Gasteiger partial charge in [0.1, 0.15) is 11.8 Å². The normalized spacial score (nSPS) is 14.7. The molecule has 0 saturated carbocycles. The molecule has 8 nitrogen and oxygen atoms in total. The maximum absolute atomic E-state index is 15.1. The summed E-state index contributed by atoms with van der Waals surface area (Å²) in [6, 6.07) is 25.0. The van der Waals surface area contributed by atoms with Crippen LogP contribution < -0.4 is 15.4 Å². The number of thiophene rings is 1. The second-order valence-corrected chi connectivity index (χ2v) is 12.2. The van der Waals surface area contributed by atoms with Crippen molar-refractivity contribution in [3.8, 4) is 21.9 Å². The predicted octanol–water partition coefficient (Wildman–Crippen LogP) is 7.00. The minimum atomic E-state index is -0.767. The number of rotatable bonds is 9. The van der Waals surface area contributed by atoms with E-state index in [4.69, 9.17) is 17.0 Å². The number of nitrogens with zero attached hydrogens (tertiary/aromatic N) is 2. The summed E-state index contributed by atoms with van der Waals surface area (Å²) in [5.41, 5.74) is 4.01. The number of pyridine rings is 1. The number of halogens is 1. The van der Waals surface area contributed by atoms with Gasteiger partial charge in [-0.1, -0.05) is 54.6 Å². The lowest BCUT2D eigenvalue weighted by Gasteiger charge is -2.21. The third kappa shape index (κ3) is 7.34. The van der Waals surface area contributed by atoms with Crippen molar-refractivity contribution in [3.63, 3.8) is 0 Å². The van der Waals surface area contributed by atoms with Crippen molar-refractivity contribution in [2.24, 2.45) is 0 Å². The van der Waals surface area contributed by atoms with Crippen molar-refractivity contribution in [1.29, 1.82) is 0 Å². The zero-order valence-electron chi connectivity index (χ0n) is 24.0. The molecule has 1 aliphatic heterocycles. The zero-order valence-corrected chi connectivity index (χ0v) is 25.7. The molecule has 3 N–H and O–H groups in total. The van der Waals surface area contributed by atoms with E-state index in [9.17, 15) is 14.7 Å². The molecule has 2 aromatic heterocycles. The van der Waals surface area contributed by atoms with Gasteiger partial charge in [0.25, 0.3) is 0 Å². The fourth-order valence-corrected chi connectivity index (χ4v) is 6.64. The molecule has 45 heavy (non-hydrogen) atoms. The average Bonchev–Trinajstić information content (AvgIpc) is 3.67. The standard InChI is InChI=1S/C34H29FN4O4S2/c35-25-18-24(37-34(44)38-31(40)17-21-5-2-1-3-6-21)12-13-28(25)43-29-14-15-36-26-19-30(45-32(26)29)23-10-8-22(9-11-23)20-39-16-4-7-27(39)33(41)42/h1-3,5-6,8-15,18-19,27H,4,7,16-17,20H2,(H,41,42)(H2,37,38,40,44)/t27-/m0/s1. The molecule has 3 heterocycles. The summed E-state index contributed by atoms with van der Waals surface area (Å²) in [4.78, 5) is 31.3. The topological polar surface area (TPSA) is 104 Å². The first-order chi connectivity index (χ1) is 21.8. The number of hydrogen-bond donors (Lipinski definition) is 3.